The summed E-state index contributed by atoms with van der Waals surface area (Å²) in [6.45, 7) is 1.71. The van der Waals surface area contributed by atoms with E-state index in [1.165, 1.54) is 6.07 Å². The molecule has 0 bridgehead atoms. The molecule has 3 atom stereocenters. The van der Waals surface area contributed by atoms with Crippen LogP contribution in [0.25, 0.3) is 11.5 Å². The maximum atomic E-state index is 13.0. The van der Waals surface area contributed by atoms with Crippen LogP contribution >= 0.6 is 0 Å². The number of hydrogen-bond acceptors (Lipinski definition) is 5. The first kappa shape index (κ1) is 21.6. The van der Waals surface area contributed by atoms with Crippen LogP contribution in [0.4, 0.5) is 13.2 Å². The van der Waals surface area contributed by atoms with Gasteiger partial charge in [-0.3, -0.25) is 0 Å². The molecule has 0 saturated heterocycles. The van der Waals surface area contributed by atoms with Crippen LogP contribution in [0.1, 0.15) is 41.0 Å². The molecule has 1 fully saturated rings. The minimum absolute atomic E-state index is 0.0333. The van der Waals surface area contributed by atoms with Gasteiger partial charge >= 0.3 is 183 Å². The number of nitrogens with one attached hydrogen (secondary N) is 1. The Balaban J connectivity index is 1.46. The number of aromatic nitrogens is 3. The second-order valence-electron chi connectivity index (χ2n) is 7.38. The van der Waals surface area contributed by atoms with Crippen LogP contribution in [-0.2, 0) is 6.18 Å². The Hall–Kier alpha value is -2.67. The van der Waals surface area contributed by atoms with Crippen LogP contribution in [-0.4, -0.2) is 42.8 Å². The Morgan fingerprint density at radius 1 is 1.19 bits per heavy atom. The van der Waals surface area contributed by atoms with Crippen molar-refractivity contribution in [2.24, 2.45) is 0 Å². The summed E-state index contributed by atoms with van der Waals surface area (Å²) in [6.07, 6.45) is -0.769. The number of carbonyl (C=O) groups is 1. The number of carbonyl (C=O) groups excluding carboxylic acids is 1. The van der Waals surface area contributed by atoms with Crippen LogP contribution in [0.2, 0.25) is 4.71 Å². The third-order valence-corrected chi connectivity index (χ3v) is 8.66. The summed E-state index contributed by atoms with van der Waals surface area (Å²) in [5.41, 5.74) is 0.270. The third-order valence-electron chi connectivity index (χ3n) is 5.19. The summed E-state index contributed by atoms with van der Waals surface area (Å²) in [5, 5.41) is 6.90. The molecule has 1 aliphatic carbocycles. The van der Waals surface area contributed by atoms with Crippen LogP contribution < -0.4 is 9.80 Å². The molecule has 6 nitrogen and oxygen atoms in total. The molecule has 3 aromatic rings. The summed E-state index contributed by atoms with van der Waals surface area (Å²) in [5.74, 6) is 0.541. The number of benzene rings is 1. The molecule has 0 aliphatic heterocycles. The number of nitrogens with zero attached hydrogens (tertiary/aromatic N) is 3. The summed E-state index contributed by atoms with van der Waals surface area (Å²) in [6, 6.07) is 9.55. The van der Waals surface area contributed by atoms with E-state index in [9.17, 15) is 18.0 Å². The zero-order chi connectivity index (χ0) is 22.0. The first-order valence-electron chi connectivity index (χ1n) is 9.81. The number of pyridine rings is 1. The van der Waals surface area contributed by atoms with E-state index in [-0.39, 0.29) is 22.5 Å². The van der Waals surface area contributed by atoms with Crippen LogP contribution in [0.5, 0.6) is 0 Å². The number of amides is 1. The van der Waals surface area contributed by atoms with E-state index >= 15 is 0 Å². The fraction of sp³-hybridized carbons (Fsp3) is 0.333. The fourth-order valence-electron chi connectivity index (χ4n) is 3.66. The van der Waals surface area contributed by atoms with E-state index in [4.69, 9.17) is 4.52 Å². The number of aryl methyl sites for hydroxylation is 1. The van der Waals surface area contributed by atoms with E-state index in [1.807, 2.05) is 0 Å². The van der Waals surface area contributed by atoms with Crippen molar-refractivity contribution in [3.63, 3.8) is 0 Å². The normalized spacial score (nSPS) is 19.2. The van der Waals surface area contributed by atoms with Crippen LogP contribution in [0, 0.1) is 6.92 Å². The van der Waals surface area contributed by atoms with Crippen molar-refractivity contribution >= 4 is 26.1 Å². The van der Waals surface area contributed by atoms with E-state index in [1.54, 1.807) is 31.2 Å². The van der Waals surface area contributed by atoms with Crippen LogP contribution in [0.15, 0.2) is 47.1 Å². The van der Waals surface area contributed by atoms with Gasteiger partial charge in [0.2, 0.25) is 0 Å². The predicted molar refractivity (Wildman–Crippen MR) is 109 cm³/mol. The minimum atomic E-state index is -4.39. The SMILES string of the molecule is Cc1noc(-c2ccccc2C(=O)NC2CCC[C@@H]2[AsH]c2ccc(C(F)(F)F)cn2)n1. The predicted octanol–water partition coefficient (Wildman–Crippen LogP) is 3.29. The summed E-state index contributed by atoms with van der Waals surface area (Å²) in [7, 11) is 0. The van der Waals surface area contributed by atoms with E-state index < -0.39 is 27.5 Å². The van der Waals surface area contributed by atoms with Gasteiger partial charge in [0.1, 0.15) is 0 Å². The molecule has 10 heteroatoms. The monoisotopic (exact) mass is 492 g/mol. The van der Waals surface area contributed by atoms with Gasteiger partial charge in [0.15, 0.2) is 0 Å². The molecule has 0 spiro atoms. The Morgan fingerprint density at radius 3 is 2.68 bits per heavy atom. The van der Waals surface area contributed by atoms with Gasteiger partial charge < -0.3 is 0 Å². The van der Waals surface area contributed by atoms with Crippen molar-refractivity contribution in [3.8, 4) is 11.5 Å². The van der Waals surface area contributed by atoms with Crippen LogP contribution in [0.3, 0.4) is 0 Å². The molecule has 2 aromatic heterocycles. The molecule has 4 rings (SSSR count). The third kappa shape index (κ3) is 4.98. The van der Waals surface area contributed by atoms with Gasteiger partial charge in [0.05, 0.1) is 0 Å². The molecule has 1 aromatic carbocycles. The molecule has 1 aliphatic rings. The van der Waals surface area contributed by atoms with E-state index in [2.05, 4.69) is 20.4 Å². The van der Waals surface area contributed by atoms with Crippen molar-refractivity contribution in [1.29, 1.82) is 0 Å². The van der Waals surface area contributed by atoms with Gasteiger partial charge in [-0.1, -0.05) is 0 Å². The van der Waals surface area contributed by atoms with Crippen molar-refractivity contribution in [3.05, 3.63) is 59.5 Å². The maximum absolute atomic E-state index is 13.0. The van der Waals surface area contributed by atoms with Gasteiger partial charge in [-0.15, -0.1) is 0 Å². The van der Waals surface area contributed by atoms with Crippen molar-refractivity contribution in [2.45, 2.75) is 43.1 Å². The Bertz CT molecular complexity index is 1070. The number of halogens is 3. The van der Waals surface area contributed by atoms with Gasteiger partial charge in [0.25, 0.3) is 0 Å². The topological polar surface area (TPSA) is 80.9 Å². The van der Waals surface area contributed by atoms with Crippen molar-refractivity contribution < 1.29 is 22.5 Å². The van der Waals surface area contributed by atoms with Gasteiger partial charge in [0, 0.05) is 0 Å². The Labute approximate surface area is 183 Å². The fourth-order valence-corrected chi connectivity index (χ4v) is 6.81. The average Bonchev–Trinajstić information content (AvgIpc) is 3.36. The standard InChI is InChI=1S/C21H20AsF3N4O2/c1-12-27-20(31-29-12)15-6-3-2-5-14(15)19(30)28-17-8-4-7-16(17)22-18-10-9-13(11-26-18)21(23,24)25/h2-3,5-6,9-11,16-17,22H,4,7-8H2,1H3,(H,28,30)/t16-,17?/m0/s1. The molecule has 1 amide bonds. The second kappa shape index (κ2) is 8.83. The van der Waals surface area contributed by atoms with Gasteiger partial charge in [-0.25, -0.2) is 0 Å². The molecule has 2 heterocycles. The summed E-state index contributed by atoms with van der Waals surface area (Å²) >= 11 is -0.810. The number of alkyl halides is 3. The molecule has 1 saturated carbocycles. The summed E-state index contributed by atoms with van der Waals surface area (Å²) < 4.78 is 44.4. The molecular formula is C21H20AsF3N4O2. The first-order valence-corrected chi connectivity index (χ1v) is 12.1. The van der Waals surface area contributed by atoms with Crippen molar-refractivity contribution in [1.82, 2.24) is 20.4 Å². The Morgan fingerprint density at radius 2 is 2.00 bits per heavy atom. The average molecular weight is 492 g/mol. The zero-order valence-corrected chi connectivity index (χ0v) is 18.7. The van der Waals surface area contributed by atoms with Gasteiger partial charge in [-0.05, 0) is 0 Å². The molecule has 1 N–H and O–H groups in total. The number of rotatable bonds is 5. The van der Waals surface area contributed by atoms with E-state index in [0.29, 0.717) is 21.4 Å². The molecular weight excluding hydrogens is 472 g/mol. The van der Waals surface area contributed by atoms with Gasteiger partial charge in [-0.2, -0.15) is 0 Å². The quantitative estimate of drug-likeness (QED) is 0.553. The summed E-state index contributed by atoms with van der Waals surface area (Å²) in [4.78, 5) is 21.3. The zero-order valence-electron chi connectivity index (χ0n) is 16.6. The Kier molecular flexibility index (Phi) is 6.14. The second-order valence-corrected chi connectivity index (χ2v) is 10.6. The molecule has 2 unspecified atom stereocenters. The first-order chi connectivity index (χ1) is 14.8. The molecule has 162 valence electrons. The molecule has 0 radical (unpaired) electrons. The van der Waals surface area contributed by atoms with E-state index in [0.717, 1.165) is 31.5 Å². The molecule has 31 heavy (non-hydrogen) atoms. The number of hydrogen-bond donors (Lipinski definition) is 1. The van der Waals surface area contributed by atoms with Crippen molar-refractivity contribution in [2.75, 3.05) is 0 Å².